The van der Waals surface area contributed by atoms with Crippen molar-refractivity contribution in [3.8, 4) is 0 Å². The first-order chi connectivity index (χ1) is 8.68. The van der Waals surface area contributed by atoms with Gasteiger partial charge in [-0.1, -0.05) is 37.1 Å². The molecule has 1 aromatic rings. The second kappa shape index (κ2) is 6.35. The van der Waals surface area contributed by atoms with Gasteiger partial charge in [0.05, 0.1) is 6.10 Å². The SMILES string of the molecule is Cc1ccccc1C(C)NCC1CCCCC1O. The van der Waals surface area contributed by atoms with E-state index in [9.17, 15) is 5.11 Å². The average Bonchev–Trinajstić information content (AvgIpc) is 2.38. The van der Waals surface area contributed by atoms with E-state index < -0.39 is 0 Å². The lowest BCUT2D eigenvalue weighted by Crippen LogP contribution is -2.35. The molecule has 0 amide bonds. The summed E-state index contributed by atoms with van der Waals surface area (Å²) in [4.78, 5) is 0. The summed E-state index contributed by atoms with van der Waals surface area (Å²) in [6.45, 7) is 5.29. The van der Waals surface area contributed by atoms with E-state index in [1.165, 1.54) is 24.0 Å². The van der Waals surface area contributed by atoms with Crippen LogP contribution in [0.15, 0.2) is 24.3 Å². The normalized spacial score (nSPS) is 25.9. The maximum absolute atomic E-state index is 9.97. The molecule has 0 heterocycles. The zero-order valence-corrected chi connectivity index (χ0v) is 11.5. The number of hydrogen-bond donors (Lipinski definition) is 2. The zero-order valence-electron chi connectivity index (χ0n) is 11.5. The fourth-order valence-corrected chi connectivity index (χ4v) is 2.94. The maximum atomic E-state index is 9.97. The molecule has 1 aliphatic rings. The Morgan fingerprint density at radius 1 is 1.28 bits per heavy atom. The third-order valence-corrected chi connectivity index (χ3v) is 4.21. The molecule has 0 saturated heterocycles. The van der Waals surface area contributed by atoms with Crippen LogP contribution in [0.4, 0.5) is 0 Å². The lowest BCUT2D eigenvalue weighted by molar-refractivity contribution is 0.0684. The Balaban J connectivity index is 1.88. The van der Waals surface area contributed by atoms with E-state index in [1.807, 2.05) is 0 Å². The average molecular weight is 247 g/mol. The van der Waals surface area contributed by atoms with Crippen LogP contribution in [-0.4, -0.2) is 17.8 Å². The standard InChI is InChI=1S/C16H25NO/c1-12-7-3-5-9-15(12)13(2)17-11-14-8-4-6-10-16(14)18/h3,5,7,9,13-14,16-18H,4,6,8,10-11H2,1-2H3. The quantitative estimate of drug-likeness (QED) is 0.856. The highest BCUT2D eigenvalue weighted by Crippen LogP contribution is 2.25. The number of aliphatic hydroxyl groups is 1. The van der Waals surface area contributed by atoms with Gasteiger partial charge < -0.3 is 10.4 Å². The highest BCUT2D eigenvalue weighted by molar-refractivity contribution is 5.28. The third-order valence-electron chi connectivity index (χ3n) is 4.21. The highest BCUT2D eigenvalue weighted by atomic mass is 16.3. The van der Waals surface area contributed by atoms with Crippen molar-refractivity contribution in [2.75, 3.05) is 6.54 Å². The van der Waals surface area contributed by atoms with Crippen molar-refractivity contribution in [1.82, 2.24) is 5.32 Å². The Kier molecular flexibility index (Phi) is 4.79. The molecule has 2 N–H and O–H groups in total. The van der Waals surface area contributed by atoms with Gasteiger partial charge in [0.1, 0.15) is 0 Å². The molecule has 0 aromatic heterocycles. The van der Waals surface area contributed by atoms with Crippen molar-refractivity contribution in [3.05, 3.63) is 35.4 Å². The first-order valence-electron chi connectivity index (χ1n) is 7.15. The van der Waals surface area contributed by atoms with Crippen LogP contribution in [0.1, 0.15) is 49.8 Å². The smallest absolute Gasteiger partial charge is 0.0580 e. The monoisotopic (exact) mass is 247 g/mol. The van der Waals surface area contributed by atoms with Crippen LogP contribution in [0.3, 0.4) is 0 Å². The van der Waals surface area contributed by atoms with Crippen LogP contribution in [0.25, 0.3) is 0 Å². The van der Waals surface area contributed by atoms with Crippen molar-refractivity contribution in [3.63, 3.8) is 0 Å². The molecule has 3 atom stereocenters. The van der Waals surface area contributed by atoms with Crippen molar-refractivity contribution >= 4 is 0 Å². The van der Waals surface area contributed by atoms with E-state index in [1.54, 1.807) is 0 Å². The lowest BCUT2D eigenvalue weighted by atomic mass is 9.86. The predicted molar refractivity (Wildman–Crippen MR) is 75.6 cm³/mol. The molecule has 0 spiro atoms. The van der Waals surface area contributed by atoms with Gasteiger partial charge in [0, 0.05) is 12.6 Å². The van der Waals surface area contributed by atoms with Crippen LogP contribution >= 0.6 is 0 Å². The molecule has 1 aliphatic carbocycles. The van der Waals surface area contributed by atoms with Gasteiger partial charge >= 0.3 is 0 Å². The molecule has 2 rings (SSSR count). The highest BCUT2D eigenvalue weighted by Gasteiger charge is 2.23. The Morgan fingerprint density at radius 2 is 2.00 bits per heavy atom. The summed E-state index contributed by atoms with van der Waals surface area (Å²) in [6.07, 6.45) is 4.49. The Bertz CT molecular complexity index is 377. The van der Waals surface area contributed by atoms with Gasteiger partial charge in [-0.05, 0) is 43.7 Å². The zero-order chi connectivity index (χ0) is 13.0. The molecule has 18 heavy (non-hydrogen) atoms. The van der Waals surface area contributed by atoms with Gasteiger partial charge in [0.15, 0.2) is 0 Å². The summed E-state index contributed by atoms with van der Waals surface area (Å²) in [5, 5.41) is 13.5. The number of benzene rings is 1. The van der Waals surface area contributed by atoms with E-state index in [4.69, 9.17) is 0 Å². The van der Waals surface area contributed by atoms with Crippen molar-refractivity contribution in [2.45, 2.75) is 51.7 Å². The molecule has 0 aliphatic heterocycles. The van der Waals surface area contributed by atoms with Crippen molar-refractivity contribution in [1.29, 1.82) is 0 Å². The molecule has 3 unspecified atom stereocenters. The number of aryl methyl sites for hydroxylation is 1. The van der Waals surface area contributed by atoms with Crippen LogP contribution < -0.4 is 5.32 Å². The first kappa shape index (κ1) is 13.6. The molecule has 1 fully saturated rings. The predicted octanol–water partition coefficient (Wildman–Crippen LogP) is 3.20. The topological polar surface area (TPSA) is 32.3 Å². The van der Waals surface area contributed by atoms with Crippen molar-refractivity contribution in [2.24, 2.45) is 5.92 Å². The van der Waals surface area contributed by atoms with Crippen LogP contribution in [0.2, 0.25) is 0 Å². The summed E-state index contributed by atoms with van der Waals surface area (Å²) in [7, 11) is 0. The van der Waals surface area contributed by atoms with Crippen LogP contribution in [0.5, 0.6) is 0 Å². The van der Waals surface area contributed by atoms with Gasteiger partial charge in [0.25, 0.3) is 0 Å². The van der Waals surface area contributed by atoms with E-state index in [0.717, 1.165) is 19.4 Å². The first-order valence-corrected chi connectivity index (χ1v) is 7.15. The molecule has 100 valence electrons. The molecular weight excluding hydrogens is 222 g/mol. The van der Waals surface area contributed by atoms with Gasteiger partial charge in [-0.3, -0.25) is 0 Å². The van der Waals surface area contributed by atoms with Crippen LogP contribution in [-0.2, 0) is 0 Å². The Hall–Kier alpha value is -0.860. The van der Waals surface area contributed by atoms with Crippen LogP contribution in [0, 0.1) is 12.8 Å². The summed E-state index contributed by atoms with van der Waals surface area (Å²) in [5.74, 6) is 0.435. The van der Waals surface area contributed by atoms with E-state index in [2.05, 4.69) is 43.4 Å². The van der Waals surface area contributed by atoms with Gasteiger partial charge in [-0.2, -0.15) is 0 Å². The third kappa shape index (κ3) is 3.33. The Morgan fingerprint density at radius 3 is 2.72 bits per heavy atom. The second-order valence-corrected chi connectivity index (χ2v) is 5.60. The van der Waals surface area contributed by atoms with Crippen molar-refractivity contribution < 1.29 is 5.11 Å². The minimum atomic E-state index is -0.102. The summed E-state index contributed by atoms with van der Waals surface area (Å²) < 4.78 is 0. The number of aliphatic hydroxyl groups excluding tert-OH is 1. The largest absolute Gasteiger partial charge is 0.393 e. The number of hydrogen-bond acceptors (Lipinski definition) is 2. The summed E-state index contributed by atoms with van der Waals surface area (Å²) in [5.41, 5.74) is 2.70. The summed E-state index contributed by atoms with van der Waals surface area (Å²) in [6, 6.07) is 8.87. The van der Waals surface area contributed by atoms with Gasteiger partial charge in [-0.15, -0.1) is 0 Å². The Labute approximate surface area is 110 Å². The molecule has 2 nitrogen and oxygen atoms in total. The molecule has 1 aromatic carbocycles. The molecule has 0 radical (unpaired) electrons. The lowest BCUT2D eigenvalue weighted by Gasteiger charge is -2.29. The van der Waals surface area contributed by atoms with E-state index in [-0.39, 0.29) is 6.10 Å². The fourth-order valence-electron chi connectivity index (χ4n) is 2.94. The van der Waals surface area contributed by atoms with E-state index in [0.29, 0.717) is 12.0 Å². The second-order valence-electron chi connectivity index (χ2n) is 5.60. The summed E-state index contributed by atoms with van der Waals surface area (Å²) >= 11 is 0. The van der Waals surface area contributed by atoms with E-state index >= 15 is 0 Å². The number of rotatable bonds is 4. The molecule has 2 heteroatoms. The van der Waals surface area contributed by atoms with Gasteiger partial charge in [-0.25, -0.2) is 0 Å². The molecular formula is C16H25NO. The maximum Gasteiger partial charge on any atom is 0.0580 e. The fraction of sp³-hybridized carbons (Fsp3) is 0.625. The molecule has 1 saturated carbocycles. The number of nitrogens with one attached hydrogen (secondary N) is 1. The minimum Gasteiger partial charge on any atom is -0.393 e. The molecule has 0 bridgehead atoms. The minimum absolute atomic E-state index is 0.102. The van der Waals surface area contributed by atoms with Gasteiger partial charge in [0.2, 0.25) is 0 Å².